The smallest absolute Gasteiger partial charge is 0.407 e. The van der Waals surface area contributed by atoms with Crippen molar-refractivity contribution in [3.8, 4) is 0 Å². The first-order chi connectivity index (χ1) is 10.7. The van der Waals surface area contributed by atoms with Gasteiger partial charge in [0, 0.05) is 12.1 Å². The van der Waals surface area contributed by atoms with Gasteiger partial charge in [-0.1, -0.05) is 11.6 Å². The summed E-state index contributed by atoms with van der Waals surface area (Å²) in [6.07, 6.45) is 3.66. The van der Waals surface area contributed by atoms with E-state index in [0.717, 1.165) is 37.1 Å². The highest BCUT2D eigenvalue weighted by Gasteiger charge is 2.25. The van der Waals surface area contributed by atoms with Crippen molar-refractivity contribution in [3.05, 3.63) is 23.0 Å². The van der Waals surface area contributed by atoms with Gasteiger partial charge in [0.1, 0.15) is 10.8 Å². The Bertz CT molecular complexity index is 557. The van der Waals surface area contributed by atoms with Crippen LogP contribution in [0.2, 0.25) is 5.15 Å². The molecule has 1 aromatic rings. The number of pyridine rings is 1. The van der Waals surface area contributed by atoms with Crippen molar-refractivity contribution >= 4 is 23.4 Å². The molecule has 1 aliphatic carbocycles. The predicted molar refractivity (Wildman–Crippen MR) is 93.0 cm³/mol. The SMILES string of the molecule is Cc1nc(Cl)ccc1NC1CCCC(NC(=O)OC(C)(C)C)C1. The number of anilines is 1. The summed E-state index contributed by atoms with van der Waals surface area (Å²) in [5.41, 5.74) is 1.42. The van der Waals surface area contributed by atoms with Crippen molar-refractivity contribution in [1.82, 2.24) is 10.3 Å². The second-order valence-corrected chi connectivity index (χ2v) is 7.51. The summed E-state index contributed by atoms with van der Waals surface area (Å²) in [5.74, 6) is 0. The lowest BCUT2D eigenvalue weighted by atomic mass is 9.91. The number of alkyl carbamates (subject to hydrolysis) is 1. The minimum Gasteiger partial charge on any atom is -0.444 e. The monoisotopic (exact) mass is 339 g/mol. The zero-order valence-corrected chi connectivity index (χ0v) is 15.0. The molecule has 0 bridgehead atoms. The van der Waals surface area contributed by atoms with Gasteiger partial charge in [-0.05, 0) is 65.5 Å². The number of hydrogen-bond acceptors (Lipinski definition) is 4. The van der Waals surface area contributed by atoms with Crippen molar-refractivity contribution in [3.63, 3.8) is 0 Å². The number of rotatable bonds is 3. The predicted octanol–water partition coefficient (Wildman–Crippen LogP) is 4.29. The Morgan fingerprint density at radius 1 is 1.30 bits per heavy atom. The van der Waals surface area contributed by atoms with E-state index in [9.17, 15) is 4.79 Å². The molecule has 0 saturated heterocycles. The Hall–Kier alpha value is -1.49. The number of aromatic nitrogens is 1. The number of nitrogens with one attached hydrogen (secondary N) is 2. The van der Waals surface area contributed by atoms with E-state index in [2.05, 4.69) is 15.6 Å². The highest BCUT2D eigenvalue weighted by Crippen LogP contribution is 2.24. The molecule has 1 heterocycles. The van der Waals surface area contributed by atoms with E-state index in [4.69, 9.17) is 16.3 Å². The normalized spacial score (nSPS) is 21.6. The molecule has 2 rings (SSSR count). The largest absolute Gasteiger partial charge is 0.444 e. The summed E-state index contributed by atoms with van der Waals surface area (Å²) in [6, 6.07) is 4.19. The quantitative estimate of drug-likeness (QED) is 0.806. The Balaban J connectivity index is 1.89. The van der Waals surface area contributed by atoms with Crippen LogP contribution in [0.15, 0.2) is 12.1 Å². The molecule has 1 aromatic heterocycles. The fourth-order valence-electron chi connectivity index (χ4n) is 2.83. The van der Waals surface area contributed by atoms with E-state index in [-0.39, 0.29) is 12.1 Å². The number of carbonyl (C=O) groups is 1. The minimum absolute atomic E-state index is 0.136. The average molecular weight is 340 g/mol. The third kappa shape index (κ3) is 5.90. The zero-order chi connectivity index (χ0) is 17.0. The van der Waals surface area contributed by atoms with Gasteiger partial charge in [0.05, 0.1) is 11.4 Å². The van der Waals surface area contributed by atoms with Gasteiger partial charge in [0.15, 0.2) is 0 Å². The first-order valence-electron chi connectivity index (χ1n) is 8.12. The molecule has 128 valence electrons. The van der Waals surface area contributed by atoms with Crippen LogP contribution in [0.1, 0.15) is 52.1 Å². The Kier molecular flexibility index (Phi) is 5.74. The first-order valence-corrected chi connectivity index (χ1v) is 8.50. The number of nitrogens with zero attached hydrogens (tertiary/aromatic N) is 1. The van der Waals surface area contributed by atoms with Gasteiger partial charge in [-0.15, -0.1) is 0 Å². The Labute approximate surface area is 143 Å². The third-order valence-corrected chi connectivity index (χ3v) is 4.02. The lowest BCUT2D eigenvalue weighted by molar-refractivity contribution is 0.0492. The van der Waals surface area contributed by atoms with Crippen molar-refractivity contribution in [2.75, 3.05) is 5.32 Å². The average Bonchev–Trinajstić information content (AvgIpc) is 2.40. The Morgan fingerprint density at radius 2 is 2.00 bits per heavy atom. The van der Waals surface area contributed by atoms with E-state index in [1.54, 1.807) is 6.07 Å². The van der Waals surface area contributed by atoms with Crippen molar-refractivity contribution in [1.29, 1.82) is 0 Å². The molecule has 2 unspecified atom stereocenters. The van der Waals surface area contributed by atoms with E-state index in [1.807, 2.05) is 33.8 Å². The van der Waals surface area contributed by atoms with E-state index < -0.39 is 5.60 Å². The van der Waals surface area contributed by atoms with Gasteiger partial charge < -0.3 is 15.4 Å². The summed E-state index contributed by atoms with van der Waals surface area (Å²) < 4.78 is 5.33. The number of carbonyl (C=O) groups excluding carboxylic acids is 1. The van der Waals surface area contributed by atoms with E-state index in [0.29, 0.717) is 11.2 Å². The van der Waals surface area contributed by atoms with Crippen molar-refractivity contribution < 1.29 is 9.53 Å². The first kappa shape index (κ1) is 17.9. The summed E-state index contributed by atoms with van der Waals surface area (Å²) in [6.45, 7) is 7.55. The van der Waals surface area contributed by atoms with Crippen molar-refractivity contribution in [2.45, 2.75) is 71.1 Å². The molecule has 2 N–H and O–H groups in total. The summed E-state index contributed by atoms with van der Waals surface area (Å²) in [5, 5.41) is 6.99. The summed E-state index contributed by atoms with van der Waals surface area (Å²) in [4.78, 5) is 16.2. The molecule has 2 atom stereocenters. The lowest BCUT2D eigenvalue weighted by Crippen LogP contribution is -2.43. The summed E-state index contributed by atoms with van der Waals surface area (Å²) in [7, 11) is 0. The molecule has 1 saturated carbocycles. The highest BCUT2D eigenvalue weighted by molar-refractivity contribution is 6.29. The number of ether oxygens (including phenoxy) is 1. The van der Waals surface area contributed by atoms with Gasteiger partial charge in [-0.3, -0.25) is 0 Å². The highest BCUT2D eigenvalue weighted by atomic mass is 35.5. The van der Waals surface area contributed by atoms with Crippen LogP contribution in [0.3, 0.4) is 0 Å². The second-order valence-electron chi connectivity index (χ2n) is 7.12. The van der Waals surface area contributed by atoms with Crippen LogP contribution in [-0.4, -0.2) is 28.8 Å². The number of halogens is 1. The molecule has 1 fully saturated rings. The second kappa shape index (κ2) is 7.39. The molecular formula is C17H26ClN3O2. The van der Waals surface area contributed by atoms with Crippen LogP contribution >= 0.6 is 11.6 Å². The molecule has 0 radical (unpaired) electrons. The number of aryl methyl sites for hydroxylation is 1. The maximum atomic E-state index is 11.9. The topological polar surface area (TPSA) is 63.2 Å². The number of hydrogen-bond donors (Lipinski definition) is 2. The molecule has 1 amide bonds. The maximum Gasteiger partial charge on any atom is 0.407 e. The van der Waals surface area contributed by atoms with Crippen LogP contribution in [0.4, 0.5) is 10.5 Å². The van der Waals surface area contributed by atoms with Crippen molar-refractivity contribution in [2.24, 2.45) is 0 Å². The fourth-order valence-corrected chi connectivity index (χ4v) is 3.02. The van der Waals surface area contributed by atoms with Crippen LogP contribution < -0.4 is 10.6 Å². The third-order valence-electron chi connectivity index (χ3n) is 3.81. The molecule has 1 aliphatic rings. The zero-order valence-electron chi connectivity index (χ0n) is 14.3. The molecule has 0 aromatic carbocycles. The Morgan fingerprint density at radius 3 is 2.65 bits per heavy atom. The fraction of sp³-hybridized carbons (Fsp3) is 0.647. The molecule has 23 heavy (non-hydrogen) atoms. The summed E-state index contributed by atoms with van der Waals surface area (Å²) >= 11 is 5.89. The van der Waals surface area contributed by atoms with Gasteiger partial charge in [-0.25, -0.2) is 9.78 Å². The van der Waals surface area contributed by atoms with Crippen LogP contribution in [0, 0.1) is 6.92 Å². The van der Waals surface area contributed by atoms with Gasteiger partial charge in [0.2, 0.25) is 0 Å². The van der Waals surface area contributed by atoms with Gasteiger partial charge in [0.25, 0.3) is 0 Å². The molecule has 6 heteroatoms. The molecule has 0 spiro atoms. The lowest BCUT2D eigenvalue weighted by Gasteiger charge is -2.32. The minimum atomic E-state index is -0.470. The van der Waals surface area contributed by atoms with Crippen LogP contribution in [0.25, 0.3) is 0 Å². The van der Waals surface area contributed by atoms with E-state index in [1.165, 1.54) is 0 Å². The van der Waals surface area contributed by atoms with Gasteiger partial charge in [-0.2, -0.15) is 0 Å². The molecule has 5 nitrogen and oxygen atoms in total. The van der Waals surface area contributed by atoms with E-state index >= 15 is 0 Å². The van der Waals surface area contributed by atoms with Crippen LogP contribution in [-0.2, 0) is 4.74 Å². The molecule has 0 aliphatic heterocycles. The standard InChI is InChI=1S/C17H26ClN3O2/c1-11-14(8-9-15(18)19-11)20-12-6-5-7-13(10-12)21-16(22)23-17(2,3)4/h8-9,12-13,20H,5-7,10H2,1-4H3,(H,21,22). The maximum absolute atomic E-state index is 11.9. The molecular weight excluding hydrogens is 314 g/mol. The number of amides is 1. The van der Waals surface area contributed by atoms with Gasteiger partial charge >= 0.3 is 6.09 Å². The van der Waals surface area contributed by atoms with Crippen LogP contribution in [0.5, 0.6) is 0 Å².